The molecular weight excluding hydrogens is 690 g/mol. The third-order valence-corrected chi connectivity index (χ3v) is 5.34. The van der Waals surface area contributed by atoms with Gasteiger partial charge in [-0.25, -0.2) is 15.0 Å². The van der Waals surface area contributed by atoms with Crippen LogP contribution in [0.3, 0.4) is 0 Å². The Balaban J connectivity index is 0.000000787. The smallest absolute Gasteiger partial charge is 0.358 e. The van der Waals surface area contributed by atoms with E-state index in [0.717, 1.165) is 30.2 Å². The van der Waals surface area contributed by atoms with Gasteiger partial charge in [0.25, 0.3) is 0 Å². The van der Waals surface area contributed by atoms with E-state index < -0.39 is 17.7 Å². The van der Waals surface area contributed by atoms with Gasteiger partial charge in [0, 0.05) is 46.2 Å². The molecule has 1 aliphatic rings. The molecule has 0 unspecified atom stereocenters. The summed E-state index contributed by atoms with van der Waals surface area (Å²) < 4.78 is 58.6. The minimum Gasteiger partial charge on any atom is -0.358 e. The summed E-state index contributed by atoms with van der Waals surface area (Å²) in [4.78, 5) is 14.0. The number of rotatable bonds is 0. The molecule has 15 heteroatoms. The molecule has 4 heterocycles. The van der Waals surface area contributed by atoms with E-state index in [-0.39, 0.29) is 28.5 Å². The molecule has 31 heavy (non-hydrogen) atoms. The van der Waals surface area contributed by atoms with E-state index >= 15 is 0 Å². The van der Waals surface area contributed by atoms with Crippen molar-refractivity contribution in [2.75, 3.05) is 0 Å². The first-order valence-electron chi connectivity index (χ1n) is 7.43. The standard InChI is InChI=1S/C15H9N3S3.CH3.2F3HP.W/c1-4-10-16-11(5-1)20-13-7-3-9-15(18-13)21-14-8-2-6-12(17-14)19-10;;2*1-4(2)3;/h1-9H;1H3;2*4H;/q;-1;2*+1;. The van der Waals surface area contributed by atoms with Crippen LogP contribution in [0.5, 0.6) is 0 Å². The summed E-state index contributed by atoms with van der Waals surface area (Å²) in [6, 6.07) is 18.1. The Hall–Kier alpha value is -0.372. The van der Waals surface area contributed by atoms with E-state index in [9.17, 15) is 25.2 Å². The molecule has 4 rings (SSSR count). The Kier molecular flexibility index (Phi) is 16.1. The van der Waals surface area contributed by atoms with Crippen molar-refractivity contribution in [2.45, 2.75) is 30.2 Å². The Morgan fingerprint density at radius 3 is 0.806 bits per heavy atom. The molecule has 0 aromatic carbocycles. The van der Waals surface area contributed by atoms with Gasteiger partial charge in [-0.05, 0) is 36.4 Å². The number of hydrogen-bond donors (Lipinski definition) is 0. The first-order chi connectivity index (χ1) is 13.8. The van der Waals surface area contributed by atoms with Gasteiger partial charge in [-0.15, -0.1) is 0 Å². The molecular formula is C16H14F6N3P2S3W+. The minimum atomic E-state index is -4.38. The van der Waals surface area contributed by atoms with Crippen LogP contribution in [0.1, 0.15) is 0 Å². The van der Waals surface area contributed by atoms with Gasteiger partial charge in [0.15, 0.2) is 0 Å². The normalized spacial score (nSPS) is 11.2. The molecule has 0 saturated heterocycles. The van der Waals surface area contributed by atoms with Crippen LogP contribution in [0.4, 0.5) is 25.2 Å². The van der Waals surface area contributed by atoms with Crippen molar-refractivity contribution in [1.82, 2.24) is 15.0 Å². The number of pyridine rings is 3. The van der Waals surface area contributed by atoms with E-state index in [1.807, 2.05) is 54.6 Å². The van der Waals surface area contributed by atoms with Crippen molar-refractivity contribution in [1.29, 1.82) is 0 Å². The van der Waals surface area contributed by atoms with Gasteiger partial charge in [-0.1, -0.05) is 53.5 Å². The predicted octanol–water partition coefficient (Wildman–Crippen LogP) is 8.79. The average Bonchev–Trinajstić information content (AvgIpc) is 2.61. The van der Waals surface area contributed by atoms with Crippen molar-refractivity contribution in [3.63, 3.8) is 0 Å². The van der Waals surface area contributed by atoms with Crippen molar-refractivity contribution in [2.24, 2.45) is 0 Å². The third kappa shape index (κ3) is 13.1. The average molecular weight is 704 g/mol. The molecule has 0 radical (unpaired) electrons. The number of fused-ring (bicyclic) bond motifs is 6. The second kappa shape index (κ2) is 16.3. The van der Waals surface area contributed by atoms with Crippen molar-refractivity contribution >= 4 is 53.0 Å². The molecule has 6 bridgehead atoms. The van der Waals surface area contributed by atoms with Gasteiger partial charge >= 0.3 is 17.7 Å². The van der Waals surface area contributed by atoms with Crippen LogP contribution in [0.2, 0.25) is 0 Å². The van der Waals surface area contributed by atoms with Crippen molar-refractivity contribution < 1.29 is 46.2 Å². The van der Waals surface area contributed by atoms with Crippen LogP contribution >= 0.6 is 53.0 Å². The Labute approximate surface area is 205 Å². The summed E-state index contributed by atoms with van der Waals surface area (Å²) in [5, 5.41) is 5.70. The summed E-state index contributed by atoms with van der Waals surface area (Å²) in [5.74, 6) is 0. The van der Waals surface area contributed by atoms with Crippen LogP contribution in [-0.4, -0.2) is 15.0 Å². The van der Waals surface area contributed by atoms with Crippen LogP contribution in [0.15, 0.2) is 84.8 Å². The minimum absolute atomic E-state index is 0. The number of hydrogen-bond acceptors (Lipinski definition) is 6. The summed E-state index contributed by atoms with van der Waals surface area (Å²) >= 11 is 4.75. The molecule has 3 aromatic heterocycles. The molecule has 3 aromatic rings. The van der Waals surface area contributed by atoms with E-state index in [4.69, 9.17) is 0 Å². The number of halogens is 6. The van der Waals surface area contributed by atoms with Gasteiger partial charge in [0.2, 0.25) is 0 Å². The maximum absolute atomic E-state index is 9.77. The monoisotopic (exact) mass is 704 g/mol. The number of nitrogens with zero attached hydrogens (tertiary/aromatic N) is 3. The first kappa shape index (κ1) is 30.6. The second-order valence-corrected chi connectivity index (χ2v) is 8.66. The first-order valence-corrected chi connectivity index (χ1v) is 12.1. The molecule has 0 saturated carbocycles. The topological polar surface area (TPSA) is 38.7 Å². The molecule has 0 spiro atoms. The third-order valence-electron chi connectivity index (χ3n) is 2.72. The van der Waals surface area contributed by atoms with Crippen molar-refractivity contribution in [3.8, 4) is 0 Å². The zero-order chi connectivity index (χ0) is 21.2. The Morgan fingerprint density at radius 2 is 0.645 bits per heavy atom. The zero-order valence-electron chi connectivity index (χ0n) is 15.4. The summed E-state index contributed by atoms with van der Waals surface area (Å²) in [5.41, 5.74) is 0. The van der Waals surface area contributed by atoms with Crippen LogP contribution in [0.25, 0.3) is 0 Å². The van der Waals surface area contributed by atoms with Crippen LogP contribution in [0, 0.1) is 7.43 Å². The maximum atomic E-state index is 9.77. The van der Waals surface area contributed by atoms with Gasteiger partial charge in [0.1, 0.15) is 30.2 Å². The van der Waals surface area contributed by atoms with Gasteiger partial charge in [-0.3, -0.25) is 0 Å². The SMILES string of the molecule is F[PH+](F)F.F[PH+](F)F.[CH3-].[W].c1cc2nc(c1)Sc1cccc(n1)Sc1cccc(n1)S2. The van der Waals surface area contributed by atoms with Crippen LogP contribution < -0.4 is 0 Å². The molecule has 168 valence electrons. The van der Waals surface area contributed by atoms with Crippen molar-refractivity contribution in [3.05, 3.63) is 62.0 Å². The van der Waals surface area contributed by atoms with Gasteiger partial charge in [-0.2, -0.15) is 0 Å². The van der Waals surface area contributed by atoms with Gasteiger partial charge in [0.05, 0.1) is 0 Å². The number of aromatic nitrogens is 3. The van der Waals surface area contributed by atoms with Gasteiger partial charge < -0.3 is 7.43 Å². The predicted molar refractivity (Wildman–Crippen MR) is 115 cm³/mol. The molecule has 1 aliphatic heterocycles. The molecule has 0 amide bonds. The fourth-order valence-electron chi connectivity index (χ4n) is 1.85. The molecule has 3 nitrogen and oxygen atoms in total. The van der Waals surface area contributed by atoms with Crippen LogP contribution in [-0.2, 0) is 21.1 Å². The second-order valence-electron chi connectivity index (χ2n) is 4.68. The van der Waals surface area contributed by atoms with E-state index in [2.05, 4.69) is 15.0 Å². The Morgan fingerprint density at radius 1 is 0.484 bits per heavy atom. The summed E-state index contributed by atoms with van der Waals surface area (Å²) in [6.07, 6.45) is 0. The largest absolute Gasteiger partial charge is 0.558 e. The van der Waals surface area contributed by atoms with E-state index in [1.165, 1.54) is 0 Å². The molecule has 0 aliphatic carbocycles. The maximum Gasteiger partial charge on any atom is 0.558 e. The molecule has 0 atom stereocenters. The summed E-state index contributed by atoms with van der Waals surface area (Å²) in [7, 11) is -8.76. The molecule has 0 N–H and O–H groups in total. The molecule has 0 fully saturated rings. The fraction of sp³-hybridized carbons (Fsp3) is 0. The quantitative estimate of drug-likeness (QED) is 0.104. The Bertz CT molecular complexity index is 762. The van der Waals surface area contributed by atoms with E-state index in [0.29, 0.717) is 0 Å². The zero-order valence-corrected chi connectivity index (χ0v) is 22.8. The van der Waals surface area contributed by atoms with E-state index in [1.54, 1.807) is 35.3 Å². The summed E-state index contributed by atoms with van der Waals surface area (Å²) in [6.45, 7) is 0. The fourth-order valence-corrected chi connectivity index (χ4v) is 4.41.